The summed E-state index contributed by atoms with van der Waals surface area (Å²) >= 11 is 1.74. The second-order valence-electron chi connectivity index (χ2n) is 6.81. The van der Waals surface area contributed by atoms with E-state index in [4.69, 9.17) is 10.1 Å². The maximum atomic E-state index is 10.0. The fourth-order valence-corrected chi connectivity index (χ4v) is 4.06. The number of carbonyl (C=O) groups excluding carboxylic acids is 1. The SMILES string of the molecule is CC(=O)/C=C(/C)O.Cc1[c-]c(-c2ncc3c4c(cccc24)C=CS3)cc(C)c1.[Ir]. The molecule has 4 rings (SSSR count). The third kappa shape index (κ3) is 5.66. The van der Waals surface area contributed by atoms with Gasteiger partial charge in [-0.15, -0.1) is 34.9 Å². The Morgan fingerprint density at radius 3 is 2.59 bits per heavy atom. The van der Waals surface area contributed by atoms with Crippen molar-refractivity contribution in [1.82, 2.24) is 4.98 Å². The van der Waals surface area contributed by atoms with Gasteiger partial charge in [0.25, 0.3) is 0 Å². The molecular weight excluding hydrogens is 559 g/mol. The first-order valence-corrected chi connectivity index (χ1v) is 9.87. The summed E-state index contributed by atoms with van der Waals surface area (Å²) < 4.78 is 0. The standard InChI is InChI=1S/C19H14NS.C5H8O2.Ir/c1-12-8-13(2)10-15(9-12)19-16-5-3-4-14-6-7-21-17(11-20-19)18(14)16;1-4(6)3-5(2)7;/h3-9,11H,1-2H3;3,6H,1-2H3;/q-1;;/b;4-3-;. The summed E-state index contributed by atoms with van der Waals surface area (Å²) in [6, 6.07) is 14.2. The molecule has 29 heavy (non-hydrogen) atoms. The van der Waals surface area contributed by atoms with Crippen molar-refractivity contribution in [3.05, 3.63) is 76.5 Å². The van der Waals surface area contributed by atoms with Crippen molar-refractivity contribution in [3.8, 4) is 11.3 Å². The number of thioether (sulfide) groups is 1. The van der Waals surface area contributed by atoms with Crippen molar-refractivity contribution in [2.75, 3.05) is 0 Å². The number of benzene rings is 2. The molecule has 1 N–H and O–H groups in total. The van der Waals surface area contributed by atoms with E-state index in [-0.39, 0.29) is 31.6 Å². The van der Waals surface area contributed by atoms with Crippen LogP contribution in [0.3, 0.4) is 0 Å². The summed E-state index contributed by atoms with van der Waals surface area (Å²) in [6.07, 6.45) is 5.33. The first-order valence-electron chi connectivity index (χ1n) is 8.99. The molecular formula is C24H22IrNO2S-. The van der Waals surface area contributed by atoms with E-state index in [1.54, 1.807) is 11.8 Å². The zero-order valence-electron chi connectivity index (χ0n) is 16.7. The number of hydrogen-bond acceptors (Lipinski definition) is 4. The molecule has 151 valence electrons. The zero-order chi connectivity index (χ0) is 20.3. The molecule has 1 aromatic heterocycles. The molecule has 0 aliphatic carbocycles. The molecule has 2 aromatic carbocycles. The second kappa shape index (κ2) is 10.0. The van der Waals surface area contributed by atoms with Crippen LogP contribution in [-0.4, -0.2) is 15.9 Å². The number of aryl methyl sites for hydroxylation is 2. The summed E-state index contributed by atoms with van der Waals surface area (Å²) in [5, 5.41) is 13.0. The van der Waals surface area contributed by atoms with Crippen LogP contribution in [0.25, 0.3) is 28.1 Å². The summed E-state index contributed by atoms with van der Waals surface area (Å²) in [5.41, 5.74) is 5.78. The van der Waals surface area contributed by atoms with Crippen molar-refractivity contribution in [2.45, 2.75) is 32.6 Å². The molecule has 3 nitrogen and oxygen atoms in total. The minimum Gasteiger partial charge on any atom is -0.512 e. The number of carbonyl (C=O) groups is 1. The maximum Gasteiger partial charge on any atom is 0.155 e. The molecule has 1 aliphatic heterocycles. The van der Waals surface area contributed by atoms with Crippen molar-refractivity contribution >= 4 is 34.4 Å². The molecule has 0 spiro atoms. The summed E-state index contributed by atoms with van der Waals surface area (Å²) in [7, 11) is 0. The van der Waals surface area contributed by atoms with Gasteiger partial charge in [-0.3, -0.25) is 4.79 Å². The Bertz CT molecular complexity index is 1100. The van der Waals surface area contributed by atoms with Gasteiger partial charge in [-0.2, -0.15) is 0 Å². The van der Waals surface area contributed by atoms with Crippen molar-refractivity contribution in [1.29, 1.82) is 0 Å². The summed E-state index contributed by atoms with van der Waals surface area (Å²) in [6.45, 7) is 7.05. The van der Waals surface area contributed by atoms with E-state index in [9.17, 15) is 4.79 Å². The van der Waals surface area contributed by atoms with E-state index in [0.717, 1.165) is 16.8 Å². The molecule has 2 heterocycles. The van der Waals surface area contributed by atoms with Crippen molar-refractivity contribution < 1.29 is 30.0 Å². The monoisotopic (exact) mass is 581 g/mol. The molecule has 0 saturated carbocycles. The van der Waals surface area contributed by atoms with E-state index in [2.05, 4.69) is 61.7 Å². The molecule has 0 fully saturated rings. The topological polar surface area (TPSA) is 50.2 Å². The predicted molar refractivity (Wildman–Crippen MR) is 117 cm³/mol. The van der Waals surface area contributed by atoms with Crippen LogP contribution in [-0.2, 0) is 24.9 Å². The van der Waals surface area contributed by atoms with Crippen LogP contribution in [0.5, 0.6) is 0 Å². The fraction of sp³-hybridized carbons (Fsp3) is 0.167. The Hall–Kier alpha value is -2.20. The van der Waals surface area contributed by atoms with E-state index < -0.39 is 0 Å². The Labute approximate surface area is 189 Å². The van der Waals surface area contributed by atoms with Crippen LogP contribution >= 0.6 is 11.8 Å². The van der Waals surface area contributed by atoms with Crippen LogP contribution in [0, 0.1) is 19.9 Å². The van der Waals surface area contributed by atoms with Gasteiger partial charge in [0.1, 0.15) is 0 Å². The van der Waals surface area contributed by atoms with Crippen LogP contribution in [0.1, 0.15) is 30.5 Å². The average molecular weight is 581 g/mol. The smallest absolute Gasteiger partial charge is 0.155 e. The minimum absolute atomic E-state index is 0. The fourth-order valence-electron chi connectivity index (χ4n) is 3.24. The molecule has 0 amide bonds. The van der Waals surface area contributed by atoms with Gasteiger partial charge in [0.2, 0.25) is 0 Å². The van der Waals surface area contributed by atoms with Crippen LogP contribution < -0.4 is 0 Å². The van der Waals surface area contributed by atoms with E-state index >= 15 is 0 Å². The maximum absolute atomic E-state index is 10.0. The second-order valence-corrected chi connectivity index (χ2v) is 7.76. The summed E-state index contributed by atoms with van der Waals surface area (Å²) in [5.74, 6) is -0.0625. The minimum atomic E-state index is -0.125. The van der Waals surface area contributed by atoms with Gasteiger partial charge < -0.3 is 10.1 Å². The van der Waals surface area contributed by atoms with E-state index in [1.807, 2.05) is 6.20 Å². The first-order chi connectivity index (χ1) is 13.3. The van der Waals surface area contributed by atoms with Gasteiger partial charge in [-0.05, 0) is 47.4 Å². The average Bonchev–Trinajstić information content (AvgIpc) is 2.61. The summed E-state index contributed by atoms with van der Waals surface area (Å²) in [4.78, 5) is 16.0. The quantitative estimate of drug-likeness (QED) is 0.216. The number of aliphatic hydroxyl groups excluding tert-OH is 1. The zero-order valence-corrected chi connectivity index (χ0v) is 20.0. The number of aromatic nitrogens is 1. The van der Waals surface area contributed by atoms with E-state index in [0.29, 0.717) is 0 Å². The largest absolute Gasteiger partial charge is 0.512 e. The number of ketones is 1. The molecule has 0 atom stereocenters. The number of rotatable bonds is 2. The van der Waals surface area contributed by atoms with Gasteiger partial charge in [0.15, 0.2) is 5.78 Å². The Morgan fingerprint density at radius 1 is 1.21 bits per heavy atom. The Balaban J connectivity index is 0.000000327. The van der Waals surface area contributed by atoms with Crippen molar-refractivity contribution in [3.63, 3.8) is 0 Å². The molecule has 0 bridgehead atoms. The number of pyridine rings is 1. The normalized spacial score (nSPS) is 12.1. The van der Waals surface area contributed by atoms with Gasteiger partial charge in [0, 0.05) is 37.3 Å². The van der Waals surface area contributed by atoms with Gasteiger partial charge in [-0.25, -0.2) is 0 Å². The molecule has 0 unspecified atom stereocenters. The van der Waals surface area contributed by atoms with Gasteiger partial charge >= 0.3 is 0 Å². The Morgan fingerprint density at radius 2 is 1.97 bits per heavy atom. The van der Waals surface area contributed by atoms with Crippen LogP contribution in [0.2, 0.25) is 0 Å². The molecule has 0 saturated heterocycles. The third-order valence-electron chi connectivity index (χ3n) is 4.17. The number of hydrogen-bond donors (Lipinski definition) is 1. The van der Waals surface area contributed by atoms with Gasteiger partial charge in [0.05, 0.1) is 5.76 Å². The van der Waals surface area contributed by atoms with Gasteiger partial charge in [-0.1, -0.05) is 43.8 Å². The molecule has 1 aliphatic rings. The number of aliphatic hydroxyl groups is 1. The van der Waals surface area contributed by atoms with E-state index in [1.165, 1.54) is 46.7 Å². The molecule has 5 heteroatoms. The number of allylic oxidation sites excluding steroid dienone is 2. The number of nitrogens with zero attached hydrogens (tertiary/aromatic N) is 1. The van der Waals surface area contributed by atoms with Crippen LogP contribution in [0.4, 0.5) is 0 Å². The van der Waals surface area contributed by atoms with Crippen molar-refractivity contribution in [2.24, 2.45) is 0 Å². The molecule has 1 radical (unpaired) electrons. The molecule has 3 aromatic rings. The Kier molecular flexibility index (Phi) is 7.97. The predicted octanol–water partition coefficient (Wildman–Crippen LogP) is 6.43. The third-order valence-corrected chi connectivity index (χ3v) is 5.00. The van der Waals surface area contributed by atoms with Crippen LogP contribution in [0.15, 0.2) is 58.7 Å². The first kappa shape index (κ1) is 23.1.